The third-order valence-corrected chi connectivity index (χ3v) is 4.76. The number of fused-ring (bicyclic) bond motifs is 1. The van der Waals surface area contributed by atoms with Crippen molar-refractivity contribution < 1.29 is 22.7 Å². The number of carbonyl (C=O) groups is 1. The van der Waals surface area contributed by atoms with Crippen LogP contribution >= 0.6 is 0 Å². The Hall–Kier alpha value is -2.18. The van der Waals surface area contributed by atoms with Crippen molar-refractivity contribution in [3.05, 3.63) is 29.3 Å². The average Bonchev–Trinajstić information content (AvgIpc) is 2.89. The maximum Gasteiger partial charge on any atom is 0.414 e. The predicted octanol–water partition coefficient (Wildman–Crippen LogP) is 4.99. The summed E-state index contributed by atoms with van der Waals surface area (Å²) in [4.78, 5) is 15.0. The molecule has 0 saturated heterocycles. The molecule has 0 spiro atoms. The Kier molecular flexibility index (Phi) is 4.67. The maximum atomic E-state index is 13.1. The first-order valence-electron chi connectivity index (χ1n) is 8.39. The van der Waals surface area contributed by atoms with E-state index in [9.17, 15) is 18.0 Å². The lowest BCUT2D eigenvalue weighted by molar-refractivity contribution is -0.188. The molecular formula is C18H21F3N2O2. The van der Waals surface area contributed by atoms with Gasteiger partial charge in [-0.15, -0.1) is 0 Å². The highest BCUT2D eigenvalue weighted by Gasteiger charge is 2.46. The van der Waals surface area contributed by atoms with Gasteiger partial charge in [-0.3, -0.25) is 0 Å². The minimum absolute atomic E-state index is 0.0410. The molecule has 1 heterocycles. The Labute approximate surface area is 143 Å². The molecule has 136 valence electrons. The molecule has 1 saturated carbocycles. The van der Waals surface area contributed by atoms with E-state index in [0.29, 0.717) is 19.3 Å². The van der Waals surface area contributed by atoms with E-state index < -0.39 is 24.2 Å². The normalized spacial score (nSPS) is 21.3. The summed E-state index contributed by atoms with van der Waals surface area (Å²) in [5, 5.41) is 3.31. The SMILES string of the molecule is Cc1cc(C)c2cc(OC(=O)NC3CCCCC3C(F)(F)F)[nH]c2c1. The molecule has 2 atom stereocenters. The fraction of sp³-hybridized carbons (Fsp3) is 0.500. The Morgan fingerprint density at radius 2 is 1.92 bits per heavy atom. The van der Waals surface area contributed by atoms with Crippen LogP contribution in [0.3, 0.4) is 0 Å². The van der Waals surface area contributed by atoms with Crippen LogP contribution in [-0.4, -0.2) is 23.3 Å². The van der Waals surface area contributed by atoms with Crippen molar-refractivity contribution in [3.63, 3.8) is 0 Å². The van der Waals surface area contributed by atoms with Crippen LogP contribution in [0, 0.1) is 19.8 Å². The van der Waals surface area contributed by atoms with Gasteiger partial charge in [0.15, 0.2) is 0 Å². The van der Waals surface area contributed by atoms with Crippen LogP contribution in [0.1, 0.15) is 36.8 Å². The topological polar surface area (TPSA) is 54.1 Å². The zero-order valence-corrected chi connectivity index (χ0v) is 14.2. The number of benzene rings is 1. The molecule has 0 bridgehead atoms. The monoisotopic (exact) mass is 354 g/mol. The highest BCUT2D eigenvalue weighted by Crippen LogP contribution is 2.37. The number of aromatic amines is 1. The van der Waals surface area contributed by atoms with Gasteiger partial charge in [-0.1, -0.05) is 18.9 Å². The van der Waals surface area contributed by atoms with Crippen molar-refractivity contribution in [2.24, 2.45) is 5.92 Å². The van der Waals surface area contributed by atoms with Crippen LogP contribution in [0.2, 0.25) is 0 Å². The van der Waals surface area contributed by atoms with Crippen LogP contribution in [0.5, 0.6) is 5.88 Å². The first-order chi connectivity index (χ1) is 11.7. The van der Waals surface area contributed by atoms with E-state index in [1.165, 1.54) is 0 Å². The predicted molar refractivity (Wildman–Crippen MR) is 88.7 cm³/mol. The number of aryl methyl sites for hydroxylation is 2. The van der Waals surface area contributed by atoms with Gasteiger partial charge >= 0.3 is 12.3 Å². The molecule has 1 aliphatic carbocycles. The number of carbonyl (C=O) groups excluding carboxylic acids is 1. The molecular weight excluding hydrogens is 333 g/mol. The lowest BCUT2D eigenvalue weighted by Gasteiger charge is -2.33. The van der Waals surface area contributed by atoms with Crippen molar-refractivity contribution in [1.82, 2.24) is 10.3 Å². The second-order valence-electron chi connectivity index (χ2n) is 6.75. The second-order valence-corrected chi connectivity index (χ2v) is 6.75. The Balaban J connectivity index is 1.71. The van der Waals surface area contributed by atoms with Gasteiger partial charge in [0.2, 0.25) is 5.88 Å². The maximum absolute atomic E-state index is 13.1. The molecule has 0 aliphatic heterocycles. The van der Waals surface area contributed by atoms with Gasteiger partial charge in [-0.25, -0.2) is 4.79 Å². The average molecular weight is 354 g/mol. The quantitative estimate of drug-likeness (QED) is 0.798. The molecule has 1 aromatic heterocycles. The number of nitrogens with one attached hydrogen (secondary N) is 2. The second kappa shape index (κ2) is 6.61. The molecule has 1 fully saturated rings. The summed E-state index contributed by atoms with van der Waals surface area (Å²) < 4.78 is 44.5. The number of aromatic nitrogens is 1. The highest BCUT2D eigenvalue weighted by atomic mass is 19.4. The molecule has 0 radical (unpaired) electrons. The Bertz CT molecular complexity index is 782. The number of halogens is 3. The largest absolute Gasteiger partial charge is 0.414 e. The molecule has 1 amide bonds. The van der Waals surface area contributed by atoms with Gasteiger partial charge in [0.1, 0.15) is 0 Å². The van der Waals surface area contributed by atoms with E-state index >= 15 is 0 Å². The van der Waals surface area contributed by atoms with E-state index in [2.05, 4.69) is 10.3 Å². The summed E-state index contributed by atoms with van der Waals surface area (Å²) in [6, 6.07) is 4.69. The van der Waals surface area contributed by atoms with Crippen molar-refractivity contribution in [2.75, 3.05) is 0 Å². The number of amides is 1. The van der Waals surface area contributed by atoms with Crippen LogP contribution in [0.4, 0.5) is 18.0 Å². The van der Waals surface area contributed by atoms with Gasteiger partial charge in [0, 0.05) is 23.0 Å². The molecule has 1 aromatic carbocycles. The molecule has 25 heavy (non-hydrogen) atoms. The molecule has 2 unspecified atom stereocenters. The third kappa shape index (κ3) is 3.91. The van der Waals surface area contributed by atoms with Gasteiger partial charge in [-0.05, 0) is 43.9 Å². The lowest BCUT2D eigenvalue weighted by Crippen LogP contribution is -2.48. The van der Waals surface area contributed by atoms with E-state index in [-0.39, 0.29) is 12.3 Å². The number of H-pyrrole nitrogens is 1. The Morgan fingerprint density at radius 1 is 1.20 bits per heavy atom. The zero-order chi connectivity index (χ0) is 18.2. The zero-order valence-electron chi connectivity index (χ0n) is 14.2. The van der Waals surface area contributed by atoms with E-state index in [0.717, 1.165) is 22.0 Å². The minimum Gasteiger partial charge on any atom is -0.393 e. The first kappa shape index (κ1) is 17.6. The standard InChI is InChI=1S/C18H21F3N2O2/c1-10-7-11(2)12-9-16(22-15(12)8-10)25-17(24)23-14-6-4-3-5-13(14)18(19,20)21/h7-9,13-14,22H,3-6H2,1-2H3,(H,23,24). The summed E-state index contributed by atoms with van der Waals surface area (Å²) in [5.41, 5.74) is 2.93. The van der Waals surface area contributed by atoms with Crippen molar-refractivity contribution in [1.29, 1.82) is 0 Å². The van der Waals surface area contributed by atoms with Crippen molar-refractivity contribution in [3.8, 4) is 5.88 Å². The number of ether oxygens (including phenoxy) is 1. The van der Waals surface area contributed by atoms with Crippen molar-refractivity contribution >= 4 is 17.0 Å². The van der Waals surface area contributed by atoms with Gasteiger partial charge in [-0.2, -0.15) is 13.2 Å². The summed E-state index contributed by atoms with van der Waals surface area (Å²) >= 11 is 0. The summed E-state index contributed by atoms with van der Waals surface area (Å²) in [6.07, 6.45) is -3.62. The van der Waals surface area contributed by atoms with Crippen LogP contribution in [0.15, 0.2) is 18.2 Å². The van der Waals surface area contributed by atoms with Gasteiger partial charge in [0.05, 0.1) is 5.92 Å². The minimum atomic E-state index is -4.31. The lowest BCUT2D eigenvalue weighted by atomic mass is 9.84. The summed E-state index contributed by atoms with van der Waals surface area (Å²) in [6.45, 7) is 3.91. The van der Waals surface area contributed by atoms with E-state index in [1.807, 2.05) is 26.0 Å². The molecule has 2 aromatic rings. The number of hydrogen-bond donors (Lipinski definition) is 2. The van der Waals surface area contributed by atoms with Crippen LogP contribution in [-0.2, 0) is 0 Å². The van der Waals surface area contributed by atoms with Crippen molar-refractivity contribution in [2.45, 2.75) is 51.7 Å². The van der Waals surface area contributed by atoms with Crippen LogP contribution in [0.25, 0.3) is 10.9 Å². The summed E-state index contributed by atoms with van der Waals surface area (Å²) in [5.74, 6) is -1.29. The highest BCUT2D eigenvalue weighted by molar-refractivity contribution is 5.86. The number of alkyl halides is 3. The first-order valence-corrected chi connectivity index (χ1v) is 8.39. The molecule has 7 heteroatoms. The smallest absolute Gasteiger partial charge is 0.393 e. The molecule has 1 aliphatic rings. The van der Waals surface area contributed by atoms with E-state index in [1.54, 1.807) is 6.07 Å². The molecule has 2 N–H and O–H groups in total. The van der Waals surface area contributed by atoms with Gasteiger partial charge in [0.25, 0.3) is 0 Å². The van der Waals surface area contributed by atoms with Crippen LogP contribution < -0.4 is 10.1 Å². The fourth-order valence-corrected chi connectivity index (χ4v) is 3.60. The van der Waals surface area contributed by atoms with E-state index in [4.69, 9.17) is 4.74 Å². The summed E-state index contributed by atoms with van der Waals surface area (Å²) in [7, 11) is 0. The fourth-order valence-electron chi connectivity index (χ4n) is 3.60. The Morgan fingerprint density at radius 3 is 2.64 bits per heavy atom. The van der Waals surface area contributed by atoms with Gasteiger partial charge < -0.3 is 15.0 Å². The number of rotatable bonds is 2. The number of hydrogen-bond acceptors (Lipinski definition) is 2. The molecule has 4 nitrogen and oxygen atoms in total. The molecule has 3 rings (SSSR count). The third-order valence-electron chi connectivity index (χ3n) is 4.76.